The van der Waals surface area contributed by atoms with E-state index in [2.05, 4.69) is 5.43 Å². The zero-order valence-electron chi connectivity index (χ0n) is 11.1. The molecule has 0 saturated heterocycles. The number of nitrogens with zero attached hydrogens (tertiary/aromatic N) is 1. The van der Waals surface area contributed by atoms with E-state index in [4.69, 9.17) is 5.84 Å². The predicted molar refractivity (Wildman–Crippen MR) is 83.3 cm³/mol. The number of hydrogen-bond donors (Lipinski definition) is 2. The first-order chi connectivity index (χ1) is 10.2. The predicted octanol–water partition coefficient (Wildman–Crippen LogP) is 1.71. The van der Waals surface area contributed by atoms with Crippen LogP contribution in [0.15, 0.2) is 52.8 Å². The Balaban J connectivity index is 1.97. The molecule has 1 amide bonds. The fourth-order valence-electron chi connectivity index (χ4n) is 2.22. The number of fused-ring (bicyclic) bond motifs is 1. The molecule has 106 valence electrons. The number of carbonyl (C=O) groups excluding carboxylic acids is 1. The van der Waals surface area contributed by atoms with Crippen LogP contribution in [0.2, 0.25) is 0 Å². The number of pyridine rings is 1. The first-order valence-electron chi connectivity index (χ1n) is 6.35. The van der Waals surface area contributed by atoms with Gasteiger partial charge in [-0.25, -0.2) is 5.84 Å². The fourth-order valence-corrected chi connectivity index (χ4v) is 2.99. The lowest BCUT2D eigenvalue weighted by molar-refractivity contribution is 0.0953. The molecule has 2 heterocycles. The maximum Gasteiger partial charge on any atom is 0.265 e. The first kappa shape index (κ1) is 13.5. The van der Waals surface area contributed by atoms with Gasteiger partial charge in [0, 0.05) is 16.5 Å². The highest BCUT2D eigenvalue weighted by atomic mass is 32.1. The second kappa shape index (κ2) is 5.51. The van der Waals surface area contributed by atoms with E-state index in [1.807, 2.05) is 23.6 Å². The number of hydrazine groups is 1. The van der Waals surface area contributed by atoms with Crippen molar-refractivity contribution in [1.82, 2.24) is 9.99 Å². The van der Waals surface area contributed by atoms with Gasteiger partial charge in [-0.05, 0) is 35.2 Å². The lowest BCUT2D eigenvalue weighted by Crippen LogP contribution is -2.30. The summed E-state index contributed by atoms with van der Waals surface area (Å²) in [6.07, 6.45) is 1.77. The van der Waals surface area contributed by atoms with Crippen molar-refractivity contribution in [1.29, 1.82) is 0 Å². The number of nitrogens with two attached hydrogens (primary N) is 1. The van der Waals surface area contributed by atoms with E-state index in [-0.39, 0.29) is 11.5 Å². The van der Waals surface area contributed by atoms with Crippen LogP contribution in [0.5, 0.6) is 0 Å². The molecule has 0 fully saturated rings. The molecule has 3 aromatic rings. The molecule has 0 unspecified atom stereocenters. The van der Waals surface area contributed by atoms with Crippen LogP contribution in [-0.4, -0.2) is 10.5 Å². The lowest BCUT2D eigenvalue weighted by Gasteiger charge is -2.07. The Morgan fingerprint density at radius 3 is 2.95 bits per heavy atom. The maximum absolute atomic E-state index is 12.3. The molecule has 3 N–H and O–H groups in total. The van der Waals surface area contributed by atoms with Crippen LogP contribution in [0.25, 0.3) is 10.1 Å². The third-order valence-corrected chi connectivity index (χ3v) is 4.15. The summed E-state index contributed by atoms with van der Waals surface area (Å²) in [6.45, 7) is 0.413. The van der Waals surface area contributed by atoms with Crippen molar-refractivity contribution < 1.29 is 4.79 Å². The molecule has 1 aromatic carbocycles. The summed E-state index contributed by atoms with van der Waals surface area (Å²) in [5.41, 5.74) is 3.41. The second-order valence-corrected chi connectivity index (χ2v) is 5.57. The molecule has 0 spiro atoms. The van der Waals surface area contributed by atoms with Gasteiger partial charge < -0.3 is 4.57 Å². The van der Waals surface area contributed by atoms with Gasteiger partial charge in [-0.1, -0.05) is 12.1 Å². The minimum absolute atomic E-state index is 0.0255. The van der Waals surface area contributed by atoms with Gasteiger partial charge >= 0.3 is 0 Å². The molecule has 6 heteroatoms. The topological polar surface area (TPSA) is 77.1 Å². The normalized spacial score (nSPS) is 10.7. The van der Waals surface area contributed by atoms with Gasteiger partial charge in [-0.15, -0.1) is 11.3 Å². The highest BCUT2D eigenvalue weighted by Gasteiger charge is 2.07. The smallest absolute Gasteiger partial charge is 0.265 e. The minimum Gasteiger partial charge on any atom is -0.311 e. The van der Waals surface area contributed by atoms with Crippen molar-refractivity contribution >= 4 is 27.3 Å². The number of carbonyl (C=O) groups is 1. The molecule has 0 radical (unpaired) electrons. The Hall–Kier alpha value is -2.44. The van der Waals surface area contributed by atoms with Crippen molar-refractivity contribution in [3.63, 3.8) is 0 Å². The summed E-state index contributed by atoms with van der Waals surface area (Å²) < 4.78 is 2.61. The third-order valence-electron chi connectivity index (χ3n) is 3.27. The molecule has 0 atom stereocenters. The highest BCUT2D eigenvalue weighted by Crippen LogP contribution is 2.16. The third kappa shape index (κ3) is 2.58. The summed E-state index contributed by atoms with van der Waals surface area (Å²) in [5.74, 6) is 4.78. The van der Waals surface area contributed by atoms with E-state index in [9.17, 15) is 9.59 Å². The molecular formula is C15H13N3O2S. The number of aromatic nitrogens is 1. The Kier molecular flexibility index (Phi) is 3.55. The van der Waals surface area contributed by atoms with E-state index in [0.29, 0.717) is 12.1 Å². The first-order valence-corrected chi connectivity index (χ1v) is 7.23. The van der Waals surface area contributed by atoms with Gasteiger partial charge in [0.1, 0.15) is 0 Å². The number of benzene rings is 1. The zero-order valence-corrected chi connectivity index (χ0v) is 11.9. The molecule has 0 aliphatic carbocycles. The molecule has 0 aliphatic heterocycles. The largest absolute Gasteiger partial charge is 0.311 e. The van der Waals surface area contributed by atoms with Crippen LogP contribution < -0.4 is 16.8 Å². The second-order valence-electron chi connectivity index (χ2n) is 4.62. The molecule has 0 aliphatic rings. The molecule has 2 aromatic heterocycles. The molecule has 5 nitrogen and oxygen atoms in total. The van der Waals surface area contributed by atoms with E-state index < -0.39 is 0 Å². The lowest BCUT2D eigenvalue weighted by atomic mass is 10.1. The number of rotatable bonds is 3. The molecule has 0 bridgehead atoms. The summed E-state index contributed by atoms with van der Waals surface area (Å²) in [7, 11) is 0. The van der Waals surface area contributed by atoms with Gasteiger partial charge in [0.15, 0.2) is 0 Å². The molecular weight excluding hydrogens is 286 g/mol. The summed E-state index contributed by atoms with van der Waals surface area (Å²) in [4.78, 5) is 23.9. The monoisotopic (exact) mass is 299 g/mol. The van der Waals surface area contributed by atoms with E-state index in [1.165, 1.54) is 0 Å². The van der Waals surface area contributed by atoms with Crippen LogP contribution in [-0.2, 0) is 6.54 Å². The Bertz CT molecular complexity index is 866. The van der Waals surface area contributed by atoms with Crippen molar-refractivity contribution in [3.05, 3.63) is 69.5 Å². The van der Waals surface area contributed by atoms with Gasteiger partial charge in [-0.2, -0.15) is 0 Å². The maximum atomic E-state index is 12.3. The van der Waals surface area contributed by atoms with Crippen LogP contribution in [0.1, 0.15) is 15.9 Å². The van der Waals surface area contributed by atoms with Gasteiger partial charge in [0.25, 0.3) is 11.5 Å². The van der Waals surface area contributed by atoms with Crippen LogP contribution in [0.3, 0.4) is 0 Å². The van der Waals surface area contributed by atoms with Crippen molar-refractivity contribution in [2.75, 3.05) is 0 Å². The average Bonchev–Trinajstić information content (AvgIpc) is 2.99. The van der Waals surface area contributed by atoms with Gasteiger partial charge in [-0.3, -0.25) is 15.0 Å². The summed E-state index contributed by atoms with van der Waals surface area (Å²) >= 11 is 1.55. The van der Waals surface area contributed by atoms with Gasteiger partial charge in [0.2, 0.25) is 0 Å². The van der Waals surface area contributed by atoms with E-state index in [1.54, 1.807) is 40.3 Å². The Morgan fingerprint density at radius 2 is 2.14 bits per heavy atom. The Morgan fingerprint density at radius 1 is 1.29 bits per heavy atom. The molecule has 21 heavy (non-hydrogen) atoms. The van der Waals surface area contributed by atoms with E-state index >= 15 is 0 Å². The summed E-state index contributed by atoms with van der Waals surface area (Å²) in [5, 5.41) is 2.63. The van der Waals surface area contributed by atoms with Gasteiger partial charge in [0.05, 0.1) is 11.9 Å². The average molecular weight is 299 g/mol. The van der Waals surface area contributed by atoms with Crippen molar-refractivity contribution in [2.45, 2.75) is 6.54 Å². The minimum atomic E-state index is -0.350. The SMILES string of the molecule is NNC(=O)c1cccc(Cn2ccc3sccc3c2=O)c1. The quantitative estimate of drug-likeness (QED) is 0.439. The standard InChI is InChI=1S/C15H13N3O2S/c16-17-14(19)11-3-1-2-10(8-11)9-18-6-4-13-12(15(18)20)5-7-21-13/h1-8H,9,16H2,(H,17,19). The number of nitrogen functional groups attached to an aromatic ring is 1. The fraction of sp³-hybridized carbons (Fsp3) is 0.0667. The number of amides is 1. The number of nitrogens with one attached hydrogen (secondary N) is 1. The Labute approximate surface area is 124 Å². The number of thiophene rings is 1. The number of hydrogen-bond acceptors (Lipinski definition) is 4. The van der Waals surface area contributed by atoms with Crippen LogP contribution >= 0.6 is 11.3 Å². The van der Waals surface area contributed by atoms with Crippen molar-refractivity contribution in [3.8, 4) is 0 Å². The molecule has 0 saturated carbocycles. The van der Waals surface area contributed by atoms with Crippen molar-refractivity contribution in [2.24, 2.45) is 5.84 Å². The highest BCUT2D eigenvalue weighted by molar-refractivity contribution is 7.17. The molecule has 3 rings (SSSR count). The summed E-state index contributed by atoms with van der Waals surface area (Å²) in [6, 6.07) is 10.8. The van der Waals surface area contributed by atoms with Crippen LogP contribution in [0.4, 0.5) is 0 Å². The van der Waals surface area contributed by atoms with Crippen LogP contribution in [0, 0.1) is 0 Å². The zero-order chi connectivity index (χ0) is 14.8. The van der Waals surface area contributed by atoms with E-state index in [0.717, 1.165) is 15.6 Å².